The molecule has 0 unspecified atom stereocenters. The molecule has 3 aromatic rings. The molecule has 3 rings (SSSR count). The van der Waals surface area contributed by atoms with Crippen molar-refractivity contribution < 1.29 is 0 Å². The van der Waals surface area contributed by atoms with Gasteiger partial charge < -0.3 is 4.57 Å². The fraction of sp³-hybridized carbons (Fsp3) is 0.500. The molecule has 0 saturated carbocycles. The molecular formula is C24H33BrN6O2. The van der Waals surface area contributed by atoms with E-state index in [1.165, 1.54) is 43.1 Å². The third-order valence-electron chi connectivity index (χ3n) is 5.83. The summed E-state index contributed by atoms with van der Waals surface area (Å²) in [4.78, 5) is 31.6. The van der Waals surface area contributed by atoms with Crippen molar-refractivity contribution in [3.63, 3.8) is 0 Å². The van der Waals surface area contributed by atoms with Gasteiger partial charge in [0.15, 0.2) is 11.2 Å². The smallest absolute Gasteiger partial charge is 0.303 e. The molecule has 0 atom stereocenters. The fourth-order valence-corrected chi connectivity index (χ4v) is 4.10. The first-order valence-electron chi connectivity index (χ1n) is 11.7. The summed E-state index contributed by atoms with van der Waals surface area (Å²) in [6.07, 6.45) is 9.55. The number of nitrogens with zero attached hydrogens (tertiary/aromatic N) is 4. The highest BCUT2D eigenvalue weighted by molar-refractivity contribution is 9.10. The van der Waals surface area contributed by atoms with Crippen LogP contribution >= 0.6 is 15.9 Å². The molecular weight excluding hydrogens is 484 g/mol. The molecule has 2 aromatic heterocycles. The van der Waals surface area contributed by atoms with Crippen molar-refractivity contribution in [2.75, 3.05) is 5.43 Å². The van der Waals surface area contributed by atoms with Gasteiger partial charge in [0.1, 0.15) is 0 Å². The lowest BCUT2D eigenvalue weighted by atomic mass is 10.1. The van der Waals surface area contributed by atoms with Crippen molar-refractivity contribution in [3.8, 4) is 0 Å². The molecule has 0 aliphatic rings. The summed E-state index contributed by atoms with van der Waals surface area (Å²) < 4.78 is 4.19. The normalized spacial score (nSPS) is 11.9. The lowest BCUT2D eigenvalue weighted by Gasteiger charge is -2.09. The Morgan fingerprint density at radius 3 is 2.36 bits per heavy atom. The van der Waals surface area contributed by atoms with E-state index in [2.05, 4.69) is 43.3 Å². The minimum absolute atomic E-state index is 0.349. The molecule has 2 N–H and O–H groups in total. The predicted molar refractivity (Wildman–Crippen MR) is 138 cm³/mol. The molecule has 0 radical (unpaired) electrons. The third kappa shape index (κ3) is 6.43. The van der Waals surface area contributed by atoms with Crippen LogP contribution in [-0.4, -0.2) is 24.8 Å². The standard InChI is InChI=1S/C24H33BrN6O2/c1-4-5-6-7-8-9-10-11-16-31-20-21(30(3)24(33)27-22(20)32)26-23(31)29-28-17(2)18-12-14-19(25)15-13-18/h12-15H,4-11,16H2,1-3H3,(H,26,29)(H,27,32,33)/b28-17+. The third-order valence-corrected chi connectivity index (χ3v) is 6.36. The molecule has 0 amide bonds. The summed E-state index contributed by atoms with van der Waals surface area (Å²) in [5, 5.41) is 4.49. The summed E-state index contributed by atoms with van der Waals surface area (Å²) >= 11 is 3.44. The Kier molecular flexibility index (Phi) is 9.05. The van der Waals surface area contributed by atoms with Gasteiger partial charge in [0, 0.05) is 18.1 Å². The van der Waals surface area contributed by atoms with E-state index in [1.807, 2.05) is 35.8 Å². The number of nitrogens with one attached hydrogen (secondary N) is 2. The largest absolute Gasteiger partial charge is 0.329 e. The summed E-state index contributed by atoms with van der Waals surface area (Å²) in [6.45, 7) is 4.76. The van der Waals surface area contributed by atoms with Gasteiger partial charge in [0.2, 0.25) is 5.95 Å². The van der Waals surface area contributed by atoms with E-state index in [1.54, 1.807) is 7.05 Å². The first-order chi connectivity index (χ1) is 15.9. The number of hydrogen-bond acceptors (Lipinski definition) is 5. The van der Waals surface area contributed by atoms with Crippen LogP contribution in [-0.2, 0) is 13.6 Å². The van der Waals surface area contributed by atoms with Crippen LogP contribution in [0.2, 0.25) is 0 Å². The van der Waals surface area contributed by atoms with Crippen molar-refractivity contribution in [2.45, 2.75) is 71.8 Å². The molecule has 8 nitrogen and oxygen atoms in total. The Labute approximate surface area is 202 Å². The summed E-state index contributed by atoms with van der Waals surface area (Å²) in [5.41, 5.74) is 4.61. The Morgan fingerprint density at radius 2 is 1.70 bits per heavy atom. The van der Waals surface area contributed by atoms with Gasteiger partial charge in [0.05, 0.1) is 5.71 Å². The SMILES string of the molecule is CCCCCCCCCCn1c(N/N=C(\C)c2ccc(Br)cc2)nc2c1c(=O)[nH]c(=O)n2C. The average molecular weight is 517 g/mol. The molecule has 178 valence electrons. The number of imidazole rings is 1. The number of rotatable bonds is 12. The summed E-state index contributed by atoms with van der Waals surface area (Å²) in [6, 6.07) is 7.87. The second-order valence-electron chi connectivity index (χ2n) is 8.37. The summed E-state index contributed by atoms with van der Waals surface area (Å²) in [7, 11) is 1.61. The number of unbranched alkanes of at least 4 members (excludes halogenated alkanes) is 7. The van der Waals surface area contributed by atoms with Crippen LogP contribution in [0.15, 0.2) is 43.4 Å². The van der Waals surface area contributed by atoms with Crippen LogP contribution in [0.3, 0.4) is 0 Å². The number of halogens is 1. The molecule has 0 aliphatic carbocycles. The van der Waals surface area contributed by atoms with Crippen molar-refractivity contribution in [1.29, 1.82) is 0 Å². The quantitative estimate of drug-likeness (QED) is 0.197. The van der Waals surface area contributed by atoms with E-state index in [0.29, 0.717) is 23.7 Å². The highest BCUT2D eigenvalue weighted by atomic mass is 79.9. The second-order valence-corrected chi connectivity index (χ2v) is 9.28. The minimum Gasteiger partial charge on any atom is -0.303 e. The van der Waals surface area contributed by atoms with Gasteiger partial charge in [0.25, 0.3) is 5.56 Å². The molecule has 33 heavy (non-hydrogen) atoms. The molecule has 0 fully saturated rings. The molecule has 0 saturated heterocycles. The van der Waals surface area contributed by atoms with Crippen LogP contribution in [0.1, 0.15) is 70.8 Å². The Morgan fingerprint density at radius 1 is 1.06 bits per heavy atom. The van der Waals surface area contributed by atoms with Crippen molar-refractivity contribution in [3.05, 3.63) is 55.1 Å². The average Bonchev–Trinajstić information content (AvgIpc) is 3.17. The van der Waals surface area contributed by atoms with E-state index in [-0.39, 0.29) is 0 Å². The van der Waals surface area contributed by atoms with Crippen molar-refractivity contribution in [1.82, 2.24) is 19.1 Å². The van der Waals surface area contributed by atoms with E-state index < -0.39 is 11.2 Å². The number of benzene rings is 1. The number of aromatic amines is 1. The fourth-order valence-electron chi connectivity index (χ4n) is 3.83. The highest BCUT2D eigenvalue weighted by Gasteiger charge is 2.17. The van der Waals surface area contributed by atoms with Crippen LogP contribution in [0.4, 0.5) is 5.95 Å². The van der Waals surface area contributed by atoms with E-state index in [0.717, 1.165) is 28.6 Å². The zero-order chi connectivity index (χ0) is 23.8. The van der Waals surface area contributed by atoms with Gasteiger partial charge in [-0.15, -0.1) is 0 Å². The Balaban J connectivity index is 1.79. The second kappa shape index (κ2) is 12.0. The maximum atomic E-state index is 12.6. The predicted octanol–water partition coefficient (Wildman–Crippen LogP) is 5.16. The van der Waals surface area contributed by atoms with Crippen LogP contribution in [0, 0.1) is 0 Å². The molecule has 9 heteroatoms. The monoisotopic (exact) mass is 516 g/mol. The van der Waals surface area contributed by atoms with Gasteiger partial charge in [-0.3, -0.25) is 14.3 Å². The number of H-pyrrole nitrogens is 1. The van der Waals surface area contributed by atoms with Gasteiger partial charge in [-0.1, -0.05) is 79.9 Å². The molecule has 1 aromatic carbocycles. The van der Waals surface area contributed by atoms with Crippen LogP contribution in [0.5, 0.6) is 0 Å². The van der Waals surface area contributed by atoms with Crippen LogP contribution in [0.25, 0.3) is 11.2 Å². The van der Waals surface area contributed by atoms with Gasteiger partial charge in [-0.05, 0) is 31.0 Å². The van der Waals surface area contributed by atoms with Gasteiger partial charge in [-0.2, -0.15) is 10.1 Å². The van der Waals surface area contributed by atoms with E-state index in [9.17, 15) is 9.59 Å². The van der Waals surface area contributed by atoms with Crippen LogP contribution < -0.4 is 16.7 Å². The first kappa shape index (κ1) is 25.0. The first-order valence-corrected chi connectivity index (χ1v) is 12.5. The number of aryl methyl sites for hydroxylation is 2. The zero-order valence-corrected chi connectivity index (χ0v) is 21.2. The Hall–Kier alpha value is -2.68. The number of aromatic nitrogens is 4. The molecule has 0 spiro atoms. The maximum absolute atomic E-state index is 12.6. The Bertz CT molecular complexity index is 1210. The minimum atomic E-state index is -0.481. The van der Waals surface area contributed by atoms with E-state index >= 15 is 0 Å². The maximum Gasteiger partial charge on any atom is 0.329 e. The lowest BCUT2D eigenvalue weighted by molar-refractivity contribution is 0.549. The molecule has 2 heterocycles. The zero-order valence-electron chi connectivity index (χ0n) is 19.7. The van der Waals surface area contributed by atoms with Gasteiger partial charge >= 0.3 is 5.69 Å². The lowest BCUT2D eigenvalue weighted by Crippen LogP contribution is -2.29. The molecule has 0 bridgehead atoms. The highest BCUT2D eigenvalue weighted by Crippen LogP contribution is 2.18. The topological polar surface area (TPSA) is 97.1 Å². The summed E-state index contributed by atoms with van der Waals surface area (Å²) in [5.74, 6) is 0.455. The number of fused-ring (bicyclic) bond motifs is 1. The number of hydrogen-bond donors (Lipinski definition) is 2. The number of hydrazone groups is 1. The van der Waals surface area contributed by atoms with Gasteiger partial charge in [-0.25, -0.2) is 10.2 Å². The van der Waals surface area contributed by atoms with Crippen molar-refractivity contribution in [2.24, 2.45) is 12.1 Å². The van der Waals surface area contributed by atoms with E-state index in [4.69, 9.17) is 0 Å². The number of anilines is 1. The molecule has 0 aliphatic heterocycles. The van der Waals surface area contributed by atoms with Crippen molar-refractivity contribution >= 4 is 38.8 Å².